The van der Waals surface area contributed by atoms with E-state index in [0.717, 1.165) is 11.3 Å². The van der Waals surface area contributed by atoms with Crippen molar-refractivity contribution in [1.82, 2.24) is 0 Å². The van der Waals surface area contributed by atoms with Crippen molar-refractivity contribution >= 4 is 14.1 Å². The van der Waals surface area contributed by atoms with Gasteiger partial charge in [0.1, 0.15) is 5.75 Å². The molecule has 0 amide bonds. The topological polar surface area (TPSA) is 44.8 Å². The SMILES string of the molecule is COC(OC)C(=O)Cc1ccc(O[Si](C)(C)C(C)(C)C)cc1. The summed E-state index contributed by atoms with van der Waals surface area (Å²) >= 11 is 0. The third kappa shape index (κ3) is 4.93. The third-order valence-electron chi connectivity index (χ3n) is 4.17. The molecular formula is C17H28O4Si. The van der Waals surface area contributed by atoms with Crippen molar-refractivity contribution in [2.75, 3.05) is 14.2 Å². The maximum absolute atomic E-state index is 11.9. The lowest BCUT2D eigenvalue weighted by Crippen LogP contribution is -2.43. The number of hydrogen-bond acceptors (Lipinski definition) is 4. The van der Waals surface area contributed by atoms with Crippen LogP contribution in [0.1, 0.15) is 26.3 Å². The molecule has 0 N–H and O–H groups in total. The number of hydrogen-bond donors (Lipinski definition) is 0. The van der Waals surface area contributed by atoms with Crippen LogP contribution in [0.15, 0.2) is 24.3 Å². The fourth-order valence-corrected chi connectivity index (χ4v) is 2.80. The van der Waals surface area contributed by atoms with Gasteiger partial charge in [-0.25, -0.2) is 0 Å². The molecule has 0 spiro atoms. The number of carbonyl (C=O) groups is 1. The van der Waals surface area contributed by atoms with Gasteiger partial charge in [-0.3, -0.25) is 4.79 Å². The quantitative estimate of drug-likeness (QED) is 0.565. The van der Waals surface area contributed by atoms with E-state index in [1.54, 1.807) is 0 Å². The Hall–Kier alpha value is -1.17. The van der Waals surface area contributed by atoms with E-state index in [4.69, 9.17) is 13.9 Å². The van der Waals surface area contributed by atoms with Gasteiger partial charge in [-0.15, -0.1) is 0 Å². The Morgan fingerprint density at radius 2 is 1.59 bits per heavy atom. The fourth-order valence-electron chi connectivity index (χ4n) is 1.77. The second-order valence-corrected chi connectivity index (χ2v) is 11.7. The van der Waals surface area contributed by atoms with Gasteiger partial charge in [-0.2, -0.15) is 0 Å². The predicted molar refractivity (Wildman–Crippen MR) is 90.8 cm³/mol. The summed E-state index contributed by atoms with van der Waals surface area (Å²) in [6.45, 7) is 11.1. The van der Waals surface area contributed by atoms with Crippen molar-refractivity contribution in [1.29, 1.82) is 0 Å². The molecule has 0 radical (unpaired) electrons. The van der Waals surface area contributed by atoms with Gasteiger partial charge in [0.05, 0.1) is 0 Å². The van der Waals surface area contributed by atoms with Gasteiger partial charge in [-0.05, 0) is 35.8 Å². The van der Waals surface area contributed by atoms with Crippen molar-refractivity contribution in [3.63, 3.8) is 0 Å². The van der Waals surface area contributed by atoms with Gasteiger partial charge in [0.15, 0.2) is 5.78 Å². The van der Waals surface area contributed by atoms with E-state index < -0.39 is 14.6 Å². The van der Waals surface area contributed by atoms with Gasteiger partial charge in [0, 0.05) is 20.6 Å². The van der Waals surface area contributed by atoms with Crippen LogP contribution in [-0.4, -0.2) is 34.6 Å². The summed E-state index contributed by atoms with van der Waals surface area (Å²) in [7, 11) is 1.09. The van der Waals surface area contributed by atoms with Crippen LogP contribution < -0.4 is 4.43 Å². The predicted octanol–water partition coefficient (Wildman–Crippen LogP) is 3.80. The molecule has 124 valence electrons. The van der Waals surface area contributed by atoms with Crippen LogP contribution >= 0.6 is 0 Å². The minimum atomic E-state index is -1.83. The number of methoxy groups -OCH3 is 2. The average Bonchev–Trinajstić information content (AvgIpc) is 2.41. The van der Waals surface area contributed by atoms with Gasteiger partial charge in [0.2, 0.25) is 14.6 Å². The number of ketones is 1. The van der Waals surface area contributed by atoms with E-state index in [9.17, 15) is 4.79 Å². The van der Waals surface area contributed by atoms with E-state index in [1.807, 2.05) is 24.3 Å². The highest BCUT2D eigenvalue weighted by Crippen LogP contribution is 2.37. The first kappa shape index (κ1) is 18.9. The monoisotopic (exact) mass is 324 g/mol. The van der Waals surface area contributed by atoms with E-state index in [1.165, 1.54) is 14.2 Å². The molecule has 0 heterocycles. The van der Waals surface area contributed by atoms with Crippen molar-refractivity contribution in [2.45, 2.75) is 51.6 Å². The standard InChI is InChI=1S/C17H28O4Si/c1-17(2,3)22(6,7)21-14-10-8-13(9-11-14)12-15(18)16(19-4)20-5/h8-11,16H,12H2,1-7H3. The summed E-state index contributed by atoms with van der Waals surface area (Å²) < 4.78 is 16.2. The number of ether oxygens (including phenoxy) is 2. The minimum Gasteiger partial charge on any atom is -0.544 e. The normalized spacial score (nSPS) is 12.5. The summed E-state index contributed by atoms with van der Waals surface area (Å²) in [4.78, 5) is 11.9. The molecule has 1 rings (SSSR count). The third-order valence-corrected chi connectivity index (χ3v) is 8.53. The zero-order valence-electron chi connectivity index (χ0n) is 14.7. The molecule has 0 aliphatic heterocycles. The Morgan fingerprint density at radius 3 is 2.00 bits per heavy atom. The van der Waals surface area contributed by atoms with Crippen molar-refractivity contribution in [2.24, 2.45) is 0 Å². The molecule has 22 heavy (non-hydrogen) atoms. The molecule has 0 fully saturated rings. The lowest BCUT2D eigenvalue weighted by atomic mass is 10.1. The van der Waals surface area contributed by atoms with E-state index in [-0.39, 0.29) is 17.2 Å². The van der Waals surface area contributed by atoms with Crippen molar-refractivity contribution < 1.29 is 18.7 Å². The lowest BCUT2D eigenvalue weighted by molar-refractivity contribution is -0.155. The number of benzene rings is 1. The smallest absolute Gasteiger partial charge is 0.250 e. The summed E-state index contributed by atoms with van der Waals surface area (Å²) in [6, 6.07) is 7.70. The Bertz CT molecular complexity index is 484. The zero-order chi connectivity index (χ0) is 17.0. The average molecular weight is 324 g/mol. The molecule has 0 saturated heterocycles. The van der Waals surface area contributed by atoms with Gasteiger partial charge >= 0.3 is 0 Å². The number of Topliss-reactive ketones (excluding diaryl/α,β-unsaturated/α-hetero) is 1. The molecule has 0 aliphatic carbocycles. The molecule has 1 aromatic carbocycles. The first-order valence-electron chi connectivity index (χ1n) is 7.47. The zero-order valence-corrected chi connectivity index (χ0v) is 15.7. The fraction of sp³-hybridized carbons (Fsp3) is 0.588. The summed E-state index contributed by atoms with van der Waals surface area (Å²) in [5.74, 6) is 0.765. The number of rotatable bonds is 7. The molecule has 5 heteroatoms. The highest BCUT2D eigenvalue weighted by Gasteiger charge is 2.38. The molecular weight excluding hydrogens is 296 g/mol. The molecule has 0 unspecified atom stereocenters. The van der Waals surface area contributed by atoms with Gasteiger partial charge < -0.3 is 13.9 Å². The lowest BCUT2D eigenvalue weighted by Gasteiger charge is -2.36. The minimum absolute atomic E-state index is 0.0944. The van der Waals surface area contributed by atoms with Crippen LogP contribution in [0.25, 0.3) is 0 Å². The maximum Gasteiger partial charge on any atom is 0.250 e. The van der Waals surface area contributed by atoms with Crippen LogP contribution in [0.4, 0.5) is 0 Å². The summed E-state index contributed by atoms with van der Waals surface area (Å²) in [5, 5.41) is 0.159. The second-order valence-electron chi connectivity index (χ2n) is 6.95. The molecule has 4 nitrogen and oxygen atoms in total. The Morgan fingerprint density at radius 1 is 1.09 bits per heavy atom. The first-order valence-corrected chi connectivity index (χ1v) is 10.4. The summed E-state index contributed by atoms with van der Waals surface area (Å²) in [5.41, 5.74) is 0.923. The molecule has 0 atom stereocenters. The van der Waals surface area contributed by atoms with E-state index in [0.29, 0.717) is 0 Å². The highest BCUT2D eigenvalue weighted by atomic mass is 28.4. The molecule has 0 aromatic heterocycles. The van der Waals surface area contributed by atoms with Gasteiger partial charge in [0.25, 0.3) is 0 Å². The van der Waals surface area contributed by atoms with E-state index in [2.05, 4.69) is 33.9 Å². The van der Waals surface area contributed by atoms with Crippen molar-refractivity contribution in [3.05, 3.63) is 29.8 Å². The second kappa shape index (κ2) is 7.40. The van der Waals surface area contributed by atoms with Gasteiger partial charge in [-0.1, -0.05) is 32.9 Å². The van der Waals surface area contributed by atoms with E-state index >= 15 is 0 Å². The number of carbonyl (C=O) groups excluding carboxylic acids is 1. The summed E-state index contributed by atoms with van der Waals surface area (Å²) in [6.07, 6.45) is -0.518. The Kier molecular flexibility index (Phi) is 6.34. The van der Waals surface area contributed by atoms with Crippen LogP contribution in [0.5, 0.6) is 5.75 Å². The molecule has 0 aliphatic rings. The maximum atomic E-state index is 11.9. The van der Waals surface area contributed by atoms with Crippen LogP contribution in [-0.2, 0) is 20.7 Å². The Balaban J connectivity index is 2.74. The Labute approximate surface area is 134 Å². The van der Waals surface area contributed by atoms with Crippen LogP contribution in [0.3, 0.4) is 0 Å². The molecule has 1 aromatic rings. The molecule has 0 saturated carbocycles. The first-order chi connectivity index (χ1) is 10.1. The highest BCUT2D eigenvalue weighted by molar-refractivity contribution is 6.74. The molecule has 0 bridgehead atoms. The van der Waals surface area contributed by atoms with Crippen molar-refractivity contribution in [3.8, 4) is 5.75 Å². The van der Waals surface area contributed by atoms with Crippen LogP contribution in [0, 0.1) is 0 Å². The largest absolute Gasteiger partial charge is 0.544 e. The van der Waals surface area contributed by atoms with Crippen LogP contribution in [0.2, 0.25) is 18.1 Å².